The largest absolute Gasteiger partial charge is 0.507 e. The fourth-order valence-corrected chi connectivity index (χ4v) is 2.44. The zero-order chi connectivity index (χ0) is 14.1. The molecule has 2 aromatic rings. The highest BCUT2D eigenvalue weighted by Crippen LogP contribution is 2.43. The van der Waals surface area contributed by atoms with Crippen LogP contribution in [0.4, 0.5) is 0 Å². The average Bonchev–Trinajstić information content (AvgIpc) is 2.49. The molecular formula is C17H16O3. The van der Waals surface area contributed by atoms with Crippen molar-refractivity contribution >= 4 is 6.08 Å². The molecule has 0 bridgehead atoms. The summed E-state index contributed by atoms with van der Waals surface area (Å²) in [5.41, 5.74) is 2.67. The van der Waals surface area contributed by atoms with E-state index >= 15 is 0 Å². The van der Waals surface area contributed by atoms with Gasteiger partial charge in [0.1, 0.15) is 23.4 Å². The van der Waals surface area contributed by atoms with E-state index in [0.717, 1.165) is 16.7 Å². The molecule has 1 atom stereocenters. The Balaban J connectivity index is 2.04. The lowest BCUT2D eigenvalue weighted by molar-refractivity contribution is 0.248. The molecule has 20 heavy (non-hydrogen) atoms. The number of phenols is 1. The maximum atomic E-state index is 9.96. The third-order valence-electron chi connectivity index (χ3n) is 3.53. The molecule has 2 aromatic carbocycles. The Hall–Kier alpha value is -2.42. The van der Waals surface area contributed by atoms with E-state index in [4.69, 9.17) is 9.47 Å². The summed E-state index contributed by atoms with van der Waals surface area (Å²) in [7, 11) is 1.60. The van der Waals surface area contributed by atoms with Crippen LogP contribution in [0.2, 0.25) is 0 Å². The Labute approximate surface area is 118 Å². The van der Waals surface area contributed by atoms with Gasteiger partial charge in [-0.1, -0.05) is 30.3 Å². The summed E-state index contributed by atoms with van der Waals surface area (Å²) in [4.78, 5) is 0. The molecule has 3 heteroatoms. The highest BCUT2D eigenvalue weighted by atomic mass is 16.5. The molecule has 3 nitrogen and oxygen atoms in total. The van der Waals surface area contributed by atoms with E-state index in [1.165, 1.54) is 0 Å². The fourth-order valence-electron chi connectivity index (χ4n) is 2.44. The van der Waals surface area contributed by atoms with Crippen molar-refractivity contribution in [3.63, 3.8) is 0 Å². The van der Waals surface area contributed by atoms with Gasteiger partial charge in [0, 0.05) is 11.6 Å². The zero-order valence-corrected chi connectivity index (χ0v) is 11.5. The molecule has 1 N–H and O–H groups in total. The third-order valence-corrected chi connectivity index (χ3v) is 3.53. The van der Waals surface area contributed by atoms with E-state index in [1.54, 1.807) is 13.2 Å². The Morgan fingerprint density at radius 3 is 2.65 bits per heavy atom. The minimum Gasteiger partial charge on any atom is -0.507 e. The van der Waals surface area contributed by atoms with Crippen molar-refractivity contribution in [1.82, 2.24) is 0 Å². The highest BCUT2D eigenvalue weighted by Gasteiger charge is 2.22. The predicted octanol–water partition coefficient (Wildman–Crippen LogP) is 3.86. The number of phenolic OH excluding ortho intramolecular Hbond substituents is 1. The van der Waals surface area contributed by atoms with E-state index in [2.05, 4.69) is 0 Å². The van der Waals surface area contributed by atoms with Gasteiger partial charge in [-0.15, -0.1) is 0 Å². The summed E-state index contributed by atoms with van der Waals surface area (Å²) in [5.74, 6) is 1.48. The number of benzene rings is 2. The van der Waals surface area contributed by atoms with Crippen molar-refractivity contribution in [2.45, 2.75) is 13.0 Å². The van der Waals surface area contributed by atoms with Crippen molar-refractivity contribution in [2.75, 3.05) is 7.11 Å². The number of hydrogen-bond donors (Lipinski definition) is 1. The number of hydrogen-bond acceptors (Lipinski definition) is 3. The second-order valence-electron chi connectivity index (χ2n) is 4.77. The first-order chi connectivity index (χ1) is 9.70. The van der Waals surface area contributed by atoms with Gasteiger partial charge in [0.15, 0.2) is 0 Å². The lowest BCUT2D eigenvalue weighted by Crippen LogP contribution is -2.10. The lowest BCUT2D eigenvalue weighted by Gasteiger charge is -2.24. The van der Waals surface area contributed by atoms with E-state index in [1.807, 2.05) is 49.4 Å². The molecule has 0 saturated heterocycles. The van der Waals surface area contributed by atoms with Crippen LogP contribution in [0.1, 0.15) is 22.8 Å². The predicted molar refractivity (Wildman–Crippen MR) is 78.2 cm³/mol. The molecule has 0 aliphatic carbocycles. The van der Waals surface area contributed by atoms with Gasteiger partial charge in [0.25, 0.3) is 0 Å². The van der Waals surface area contributed by atoms with Crippen LogP contribution in [-0.4, -0.2) is 12.2 Å². The summed E-state index contributed by atoms with van der Waals surface area (Å²) in [6.45, 7) is 1.82. The molecule has 0 aromatic heterocycles. The Morgan fingerprint density at radius 2 is 1.95 bits per heavy atom. The molecule has 1 unspecified atom stereocenters. The Morgan fingerprint density at radius 1 is 1.20 bits per heavy atom. The maximum Gasteiger partial charge on any atom is 0.142 e. The summed E-state index contributed by atoms with van der Waals surface area (Å²) < 4.78 is 11.3. The number of fused-ring (bicyclic) bond motifs is 1. The SMILES string of the molecule is COc1c(C)c(O)cc2c1C=CC(c1ccccc1)O2. The highest BCUT2D eigenvalue weighted by molar-refractivity contribution is 5.71. The Kier molecular flexibility index (Phi) is 3.11. The normalized spacial score (nSPS) is 16.4. The third kappa shape index (κ3) is 2.01. The van der Waals surface area contributed by atoms with Crippen LogP contribution in [0.5, 0.6) is 17.2 Å². The second kappa shape index (κ2) is 4.93. The van der Waals surface area contributed by atoms with Gasteiger partial charge in [-0.2, -0.15) is 0 Å². The van der Waals surface area contributed by atoms with Gasteiger partial charge in [-0.3, -0.25) is 0 Å². The molecule has 102 valence electrons. The van der Waals surface area contributed by atoms with Crippen molar-refractivity contribution in [3.05, 3.63) is 59.2 Å². The summed E-state index contributed by atoms with van der Waals surface area (Å²) in [6.07, 6.45) is 3.84. The molecule has 3 rings (SSSR count). The molecule has 0 spiro atoms. The number of ether oxygens (including phenoxy) is 2. The standard InChI is InChI=1S/C17H16O3/c1-11-14(18)10-16-13(17(11)19-2)8-9-15(20-16)12-6-4-3-5-7-12/h3-10,15,18H,1-2H3. The summed E-state index contributed by atoms with van der Waals surface area (Å²) in [6, 6.07) is 11.6. The van der Waals surface area contributed by atoms with Gasteiger partial charge in [0.2, 0.25) is 0 Å². The van der Waals surface area contributed by atoms with Crippen LogP contribution in [0.25, 0.3) is 6.08 Å². The van der Waals surface area contributed by atoms with Crippen molar-refractivity contribution in [3.8, 4) is 17.2 Å². The van der Waals surface area contributed by atoms with Gasteiger partial charge < -0.3 is 14.6 Å². The molecule has 0 amide bonds. The van der Waals surface area contributed by atoms with Gasteiger partial charge in [-0.05, 0) is 24.6 Å². The van der Waals surface area contributed by atoms with E-state index in [9.17, 15) is 5.11 Å². The Bertz CT molecular complexity index is 660. The molecule has 1 aliphatic rings. The van der Waals surface area contributed by atoms with Gasteiger partial charge >= 0.3 is 0 Å². The molecular weight excluding hydrogens is 252 g/mol. The molecule has 1 aliphatic heterocycles. The van der Waals surface area contributed by atoms with Gasteiger partial charge in [-0.25, -0.2) is 0 Å². The maximum absolute atomic E-state index is 9.96. The second-order valence-corrected chi connectivity index (χ2v) is 4.77. The van der Waals surface area contributed by atoms with E-state index in [-0.39, 0.29) is 11.9 Å². The topological polar surface area (TPSA) is 38.7 Å². The van der Waals surface area contributed by atoms with Crippen LogP contribution in [0.3, 0.4) is 0 Å². The fraction of sp³-hybridized carbons (Fsp3) is 0.176. The quantitative estimate of drug-likeness (QED) is 0.899. The smallest absolute Gasteiger partial charge is 0.142 e. The number of methoxy groups -OCH3 is 1. The average molecular weight is 268 g/mol. The van der Waals surface area contributed by atoms with Crippen molar-refractivity contribution in [1.29, 1.82) is 0 Å². The van der Waals surface area contributed by atoms with Crippen LogP contribution in [0.15, 0.2) is 42.5 Å². The van der Waals surface area contributed by atoms with Crippen LogP contribution < -0.4 is 9.47 Å². The van der Waals surface area contributed by atoms with Crippen LogP contribution >= 0.6 is 0 Å². The minimum absolute atomic E-state index is 0.143. The van der Waals surface area contributed by atoms with Crippen LogP contribution in [-0.2, 0) is 0 Å². The molecule has 1 heterocycles. The summed E-state index contributed by atoms with van der Waals surface area (Å²) >= 11 is 0. The lowest BCUT2D eigenvalue weighted by atomic mass is 10.0. The molecule has 0 saturated carbocycles. The molecule has 0 radical (unpaired) electrons. The number of aromatic hydroxyl groups is 1. The van der Waals surface area contributed by atoms with Crippen molar-refractivity contribution < 1.29 is 14.6 Å². The minimum atomic E-state index is -0.143. The summed E-state index contributed by atoms with van der Waals surface area (Å²) in [5, 5.41) is 9.96. The van der Waals surface area contributed by atoms with Gasteiger partial charge in [0.05, 0.1) is 12.7 Å². The van der Waals surface area contributed by atoms with Crippen molar-refractivity contribution in [2.24, 2.45) is 0 Å². The number of rotatable bonds is 2. The van der Waals surface area contributed by atoms with E-state index in [0.29, 0.717) is 11.5 Å². The first-order valence-corrected chi connectivity index (χ1v) is 6.51. The molecule has 0 fully saturated rings. The van der Waals surface area contributed by atoms with E-state index < -0.39 is 0 Å². The van der Waals surface area contributed by atoms with Crippen LogP contribution in [0, 0.1) is 6.92 Å². The first kappa shape index (κ1) is 12.6. The monoisotopic (exact) mass is 268 g/mol. The zero-order valence-electron chi connectivity index (χ0n) is 11.5. The first-order valence-electron chi connectivity index (χ1n) is 6.51.